The number of carbonyl (C=O) groups is 2. The first-order valence-electron chi connectivity index (χ1n) is 7.50. The third-order valence-electron chi connectivity index (χ3n) is 4.10. The smallest absolute Gasteiger partial charge is 0.315 e. The number of hydrogen-bond acceptors (Lipinski definition) is 4. The Bertz CT molecular complexity index is 625. The number of urea groups is 1. The summed E-state index contributed by atoms with van der Waals surface area (Å²) in [4.78, 5) is 25.4. The van der Waals surface area contributed by atoms with Crippen molar-refractivity contribution < 1.29 is 14.3 Å². The van der Waals surface area contributed by atoms with Crippen LogP contribution < -0.4 is 25.6 Å². The molecule has 0 radical (unpaired) electrons. The van der Waals surface area contributed by atoms with E-state index in [0.29, 0.717) is 18.1 Å². The highest BCUT2D eigenvalue weighted by Crippen LogP contribution is 2.33. The maximum Gasteiger partial charge on any atom is 0.315 e. The molecule has 3 N–H and O–H groups in total. The van der Waals surface area contributed by atoms with Gasteiger partial charge in [-0.2, -0.15) is 0 Å². The lowest BCUT2D eigenvalue weighted by Crippen LogP contribution is -2.47. The van der Waals surface area contributed by atoms with Gasteiger partial charge in [0, 0.05) is 30.7 Å². The molecule has 0 aliphatic carbocycles. The van der Waals surface area contributed by atoms with Gasteiger partial charge >= 0.3 is 6.03 Å². The van der Waals surface area contributed by atoms with E-state index in [1.54, 1.807) is 13.2 Å². The summed E-state index contributed by atoms with van der Waals surface area (Å²) >= 11 is 6.07. The van der Waals surface area contributed by atoms with E-state index in [1.807, 2.05) is 12.1 Å². The Morgan fingerprint density at radius 2 is 2.30 bits per heavy atom. The molecule has 8 heteroatoms. The fourth-order valence-electron chi connectivity index (χ4n) is 2.92. The van der Waals surface area contributed by atoms with E-state index in [-0.39, 0.29) is 18.0 Å². The predicted octanol–water partition coefficient (Wildman–Crippen LogP) is 0.725. The fourth-order valence-corrected chi connectivity index (χ4v) is 3.09. The van der Waals surface area contributed by atoms with Crippen molar-refractivity contribution in [2.24, 2.45) is 0 Å². The molecular formula is C15H19ClN4O3. The first-order chi connectivity index (χ1) is 11.1. The number of benzene rings is 1. The Morgan fingerprint density at radius 3 is 3.00 bits per heavy atom. The average molecular weight is 339 g/mol. The zero-order valence-corrected chi connectivity index (χ0v) is 13.5. The molecule has 1 aromatic carbocycles. The van der Waals surface area contributed by atoms with Crippen LogP contribution in [0.15, 0.2) is 18.2 Å². The topological polar surface area (TPSA) is 82.7 Å². The van der Waals surface area contributed by atoms with Crippen LogP contribution in [0.4, 0.5) is 10.5 Å². The van der Waals surface area contributed by atoms with Gasteiger partial charge in [-0.3, -0.25) is 4.79 Å². The van der Waals surface area contributed by atoms with Crippen LogP contribution in [0.2, 0.25) is 5.02 Å². The molecule has 23 heavy (non-hydrogen) atoms. The van der Waals surface area contributed by atoms with E-state index in [9.17, 15) is 9.59 Å². The Hall–Kier alpha value is -2.15. The van der Waals surface area contributed by atoms with Gasteiger partial charge in [0.1, 0.15) is 11.8 Å². The van der Waals surface area contributed by atoms with Crippen LogP contribution in [0.25, 0.3) is 0 Å². The summed E-state index contributed by atoms with van der Waals surface area (Å²) in [5.41, 5.74) is 0.924. The molecule has 2 aliphatic heterocycles. The third kappa shape index (κ3) is 3.44. The largest absolute Gasteiger partial charge is 0.495 e. The lowest BCUT2D eigenvalue weighted by molar-refractivity contribution is -0.123. The van der Waals surface area contributed by atoms with Gasteiger partial charge in [0.2, 0.25) is 5.91 Å². The van der Waals surface area contributed by atoms with Crippen molar-refractivity contribution in [3.05, 3.63) is 23.2 Å². The van der Waals surface area contributed by atoms with Gasteiger partial charge in [0.25, 0.3) is 0 Å². The minimum absolute atomic E-state index is 0.0312. The molecule has 2 saturated heterocycles. The summed E-state index contributed by atoms with van der Waals surface area (Å²) in [5, 5.41) is 8.79. The molecule has 0 saturated carbocycles. The molecule has 2 atom stereocenters. The molecule has 3 amide bonds. The van der Waals surface area contributed by atoms with Crippen LogP contribution in [-0.4, -0.2) is 50.8 Å². The maximum absolute atomic E-state index is 12.1. The quantitative estimate of drug-likeness (QED) is 0.755. The van der Waals surface area contributed by atoms with Crippen molar-refractivity contribution in [1.29, 1.82) is 0 Å². The summed E-state index contributed by atoms with van der Waals surface area (Å²) in [6.45, 7) is 1.80. The predicted molar refractivity (Wildman–Crippen MR) is 87.1 cm³/mol. The van der Waals surface area contributed by atoms with Gasteiger partial charge in [0.15, 0.2) is 0 Å². The van der Waals surface area contributed by atoms with E-state index < -0.39 is 6.04 Å². The number of nitrogens with zero attached hydrogens (tertiary/aromatic N) is 1. The second kappa shape index (κ2) is 6.54. The zero-order chi connectivity index (χ0) is 16.4. The molecular weight excluding hydrogens is 320 g/mol. The highest BCUT2D eigenvalue weighted by atomic mass is 35.5. The minimum atomic E-state index is -0.503. The van der Waals surface area contributed by atoms with Crippen molar-refractivity contribution in [2.75, 3.05) is 31.6 Å². The summed E-state index contributed by atoms with van der Waals surface area (Å²) in [7, 11) is 1.62. The number of hydrogen-bond donors (Lipinski definition) is 3. The number of nitrogens with one attached hydrogen (secondary N) is 3. The molecule has 0 spiro atoms. The van der Waals surface area contributed by atoms with Crippen LogP contribution >= 0.6 is 11.6 Å². The van der Waals surface area contributed by atoms with Crippen LogP contribution in [0.3, 0.4) is 0 Å². The molecule has 2 fully saturated rings. The van der Waals surface area contributed by atoms with Crippen molar-refractivity contribution in [3.63, 3.8) is 0 Å². The van der Waals surface area contributed by atoms with E-state index in [2.05, 4.69) is 20.9 Å². The molecule has 0 unspecified atom stereocenters. The molecule has 124 valence electrons. The lowest BCUT2D eigenvalue weighted by Gasteiger charge is -2.22. The Balaban J connectivity index is 1.61. The Morgan fingerprint density at radius 1 is 1.48 bits per heavy atom. The second-order valence-corrected chi connectivity index (χ2v) is 6.10. The lowest BCUT2D eigenvalue weighted by atomic mass is 10.2. The Kier molecular flexibility index (Phi) is 4.47. The standard InChI is InChI=1S/C15H19ClN4O3/c1-23-13-3-2-9(16)6-12(13)20-5-4-10(8-20)18-14(21)11-7-17-15(22)19-11/h2-3,6,10-11H,4-5,7-8H2,1H3,(H,18,21)(H2,17,19,22)/t10-,11+/m1/s1. The molecule has 2 aliphatic rings. The van der Waals surface area contributed by atoms with Crippen molar-refractivity contribution in [2.45, 2.75) is 18.5 Å². The van der Waals surface area contributed by atoms with Crippen LogP contribution in [0.1, 0.15) is 6.42 Å². The van der Waals surface area contributed by atoms with E-state index in [0.717, 1.165) is 24.4 Å². The van der Waals surface area contributed by atoms with Crippen LogP contribution in [-0.2, 0) is 4.79 Å². The number of amides is 3. The summed E-state index contributed by atoms with van der Waals surface area (Å²) in [5.74, 6) is 0.599. The van der Waals surface area contributed by atoms with Gasteiger partial charge < -0.3 is 25.6 Å². The van der Waals surface area contributed by atoms with Crippen LogP contribution in [0, 0.1) is 0 Å². The molecule has 2 heterocycles. The van der Waals surface area contributed by atoms with Crippen molar-refractivity contribution >= 4 is 29.2 Å². The normalized spacial score (nSPS) is 23.4. The number of ether oxygens (including phenoxy) is 1. The number of halogens is 1. The second-order valence-electron chi connectivity index (χ2n) is 5.66. The monoisotopic (exact) mass is 338 g/mol. The van der Waals surface area contributed by atoms with E-state index in [4.69, 9.17) is 16.3 Å². The van der Waals surface area contributed by atoms with Gasteiger partial charge in [-0.05, 0) is 24.6 Å². The van der Waals surface area contributed by atoms with Crippen molar-refractivity contribution in [1.82, 2.24) is 16.0 Å². The van der Waals surface area contributed by atoms with E-state index >= 15 is 0 Å². The number of methoxy groups -OCH3 is 1. The summed E-state index contributed by atoms with van der Waals surface area (Å²) in [6, 6.07) is 4.71. The first-order valence-corrected chi connectivity index (χ1v) is 7.88. The van der Waals surface area contributed by atoms with Gasteiger partial charge in [-0.1, -0.05) is 11.6 Å². The van der Waals surface area contributed by atoms with Gasteiger partial charge in [-0.15, -0.1) is 0 Å². The zero-order valence-electron chi connectivity index (χ0n) is 12.8. The Labute approximate surface area is 139 Å². The highest BCUT2D eigenvalue weighted by Gasteiger charge is 2.31. The summed E-state index contributed by atoms with van der Waals surface area (Å²) in [6.07, 6.45) is 0.829. The highest BCUT2D eigenvalue weighted by molar-refractivity contribution is 6.30. The third-order valence-corrected chi connectivity index (χ3v) is 4.34. The van der Waals surface area contributed by atoms with E-state index in [1.165, 1.54) is 0 Å². The molecule has 3 rings (SSSR count). The molecule has 0 aromatic heterocycles. The molecule has 7 nitrogen and oxygen atoms in total. The first kappa shape index (κ1) is 15.7. The number of anilines is 1. The maximum atomic E-state index is 12.1. The van der Waals surface area contributed by atoms with Crippen LogP contribution in [0.5, 0.6) is 5.75 Å². The molecule has 0 bridgehead atoms. The SMILES string of the molecule is COc1ccc(Cl)cc1N1CC[C@@H](NC(=O)[C@@H]2CNC(=O)N2)C1. The van der Waals surface area contributed by atoms with Gasteiger partial charge in [0.05, 0.1) is 12.8 Å². The van der Waals surface area contributed by atoms with Crippen molar-refractivity contribution in [3.8, 4) is 5.75 Å². The number of rotatable bonds is 4. The summed E-state index contributed by atoms with van der Waals surface area (Å²) < 4.78 is 5.38. The number of carbonyl (C=O) groups excluding carboxylic acids is 2. The van der Waals surface area contributed by atoms with Gasteiger partial charge in [-0.25, -0.2) is 4.79 Å². The molecule has 1 aromatic rings. The minimum Gasteiger partial charge on any atom is -0.495 e. The fraction of sp³-hybridized carbons (Fsp3) is 0.467. The average Bonchev–Trinajstić information content (AvgIpc) is 3.16.